The molecular formula is C23H25N3O3S. The summed E-state index contributed by atoms with van der Waals surface area (Å²) in [5, 5.41) is 3.06. The first-order chi connectivity index (χ1) is 14.7. The minimum absolute atomic E-state index is 0.0329. The number of piperidine rings is 1. The molecule has 7 heteroatoms. The predicted octanol–water partition coefficient (Wildman–Crippen LogP) is 4.52. The standard InChI is InChI=1S/C23H25N3O3S/c1-28-20-11-12-24-22(29-2)21(20)19-10-6-9-18(14-27)26(19)13-17-15-30-23(25-17)16-7-4-3-5-8-16/h3-5,7-8,11-12,14-15,18-19H,6,9-10,13H2,1-2H3. The molecular weight excluding hydrogens is 398 g/mol. The highest BCUT2D eigenvalue weighted by Gasteiger charge is 2.35. The Morgan fingerprint density at radius 1 is 1.17 bits per heavy atom. The average molecular weight is 424 g/mol. The third kappa shape index (κ3) is 4.08. The lowest BCUT2D eigenvalue weighted by Gasteiger charge is -2.40. The van der Waals surface area contributed by atoms with Gasteiger partial charge in [0.05, 0.1) is 31.5 Å². The van der Waals surface area contributed by atoms with E-state index in [0.29, 0.717) is 12.4 Å². The van der Waals surface area contributed by atoms with Crippen LogP contribution in [0.25, 0.3) is 10.6 Å². The lowest BCUT2D eigenvalue weighted by atomic mass is 9.91. The normalized spacial score (nSPS) is 19.4. The predicted molar refractivity (Wildman–Crippen MR) is 117 cm³/mol. The van der Waals surface area contributed by atoms with Gasteiger partial charge in [-0.05, 0) is 25.3 Å². The molecule has 0 aliphatic carbocycles. The van der Waals surface area contributed by atoms with Crippen LogP contribution in [0.1, 0.15) is 36.6 Å². The minimum atomic E-state index is -0.180. The minimum Gasteiger partial charge on any atom is -0.496 e. The van der Waals surface area contributed by atoms with Crippen molar-refractivity contribution in [2.75, 3.05) is 14.2 Å². The average Bonchev–Trinajstić information content (AvgIpc) is 3.28. The zero-order valence-corrected chi connectivity index (χ0v) is 18.0. The number of benzene rings is 1. The Morgan fingerprint density at radius 3 is 2.73 bits per heavy atom. The Labute approximate surface area is 180 Å². The van der Waals surface area contributed by atoms with Gasteiger partial charge in [0, 0.05) is 29.7 Å². The van der Waals surface area contributed by atoms with Gasteiger partial charge in [0.25, 0.3) is 0 Å². The molecule has 156 valence electrons. The summed E-state index contributed by atoms with van der Waals surface area (Å²) in [4.78, 5) is 23.4. The molecule has 3 aromatic rings. The topological polar surface area (TPSA) is 64.6 Å². The molecule has 0 N–H and O–H groups in total. The summed E-state index contributed by atoms with van der Waals surface area (Å²) in [6.07, 6.45) is 5.42. The number of aldehydes is 1. The van der Waals surface area contributed by atoms with Gasteiger partial charge in [-0.15, -0.1) is 11.3 Å². The van der Waals surface area contributed by atoms with Gasteiger partial charge in [-0.1, -0.05) is 30.3 Å². The Morgan fingerprint density at radius 2 is 2.00 bits per heavy atom. The largest absolute Gasteiger partial charge is 0.496 e. The number of aromatic nitrogens is 2. The molecule has 0 saturated carbocycles. The number of nitrogens with zero attached hydrogens (tertiary/aromatic N) is 3. The molecule has 0 amide bonds. The van der Waals surface area contributed by atoms with Crippen molar-refractivity contribution in [2.45, 2.75) is 37.9 Å². The van der Waals surface area contributed by atoms with Crippen LogP contribution in [0.3, 0.4) is 0 Å². The van der Waals surface area contributed by atoms with Gasteiger partial charge >= 0.3 is 0 Å². The first kappa shape index (κ1) is 20.5. The highest BCUT2D eigenvalue weighted by molar-refractivity contribution is 7.13. The number of ether oxygens (including phenoxy) is 2. The van der Waals surface area contributed by atoms with Crippen molar-refractivity contribution in [1.82, 2.24) is 14.9 Å². The SMILES string of the molecule is COc1ccnc(OC)c1C1CCCC(C=O)N1Cc1csc(-c2ccccc2)n1. The summed E-state index contributed by atoms with van der Waals surface area (Å²) in [6, 6.07) is 11.8. The van der Waals surface area contributed by atoms with E-state index in [1.165, 1.54) is 0 Å². The van der Waals surface area contributed by atoms with Crippen molar-refractivity contribution in [3.05, 3.63) is 59.2 Å². The molecule has 1 aliphatic heterocycles. The first-order valence-corrected chi connectivity index (χ1v) is 10.9. The molecule has 1 aromatic carbocycles. The summed E-state index contributed by atoms with van der Waals surface area (Å²) in [5.41, 5.74) is 2.96. The molecule has 0 radical (unpaired) electrons. The number of pyridine rings is 1. The number of hydrogen-bond acceptors (Lipinski definition) is 7. The van der Waals surface area contributed by atoms with Gasteiger partial charge in [0.1, 0.15) is 17.0 Å². The van der Waals surface area contributed by atoms with Crippen LogP contribution in [0.4, 0.5) is 0 Å². The van der Waals surface area contributed by atoms with E-state index in [9.17, 15) is 4.79 Å². The van der Waals surface area contributed by atoms with E-state index in [1.807, 2.05) is 24.3 Å². The van der Waals surface area contributed by atoms with E-state index in [-0.39, 0.29) is 12.1 Å². The van der Waals surface area contributed by atoms with Gasteiger partial charge in [-0.3, -0.25) is 4.90 Å². The Hall–Kier alpha value is -2.77. The van der Waals surface area contributed by atoms with Crippen LogP contribution in [-0.2, 0) is 11.3 Å². The number of thiazole rings is 1. The van der Waals surface area contributed by atoms with Crippen LogP contribution in [0.5, 0.6) is 11.6 Å². The molecule has 6 nitrogen and oxygen atoms in total. The Kier molecular flexibility index (Phi) is 6.40. The van der Waals surface area contributed by atoms with Gasteiger partial charge in [-0.2, -0.15) is 0 Å². The Balaban J connectivity index is 1.67. The Bertz CT molecular complexity index is 970. The van der Waals surface area contributed by atoms with Gasteiger partial charge in [0.15, 0.2) is 0 Å². The molecule has 30 heavy (non-hydrogen) atoms. The summed E-state index contributed by atoms with van der Waals surface area (Å²) in [7, 11) is 3.26. The number of rotatable bonds is 7. The fourth-order valence-electron chi connectivity index (χ4n) is 4.13. The zero-order valence-electron chi connectivity index (χ0n) is 17.2. The van der Waals surface area contributed by atoms with E-state index in [4.69, 9.17) is 14.5 Å². The van der Waals surface area contributed by atoms with E-state index in [1.54, 1.807) is 31.8 Å². The third-order valence-electron chi connectivity index (χ3n) is 5.54. The molecule has 2 unspecified atom stereocenters. The number of likely N-dealkylation sites (tertiary alicyclic amines) is 1. The second kappa shape index (κ2) is 9.36. The molecule has 0 spiro atoms. The lowest BCUT2D eigenvalue weighted by molar-refractivity contribution is -0.115. The number of carbonyl (C=O) groups is 1. The van der Waals surface area contributed by atoms with Crippen molar-refractivity contribution < 1.29 is 14.3 Å². The van der Waals surface area contributed by atoms with Crippen molar-refractivity contribution in [1.29, 1.82) is 0 Å². The third-order valence-corrected chi connectivity index (χ3v) is 6.48. The maximum Gasteiger partial charge on any atom is 0.221 e. The summed E-state index contributed by atoms with van der Waals surface area (Å²) in [6.45, 7) is 0.582. The fourth-order valence-corrected chi connectivity index (χ4v) is 4.95. The highest BCUT2D eigenvalue weighted by Crippen LogP contribution is 2.43. The van der Waals surface area contributed by atoms with Crippen LogP contribution >= 0.6 is 11.3 Å². The number of carbonyl (C=O) groups excluding carboxylic acids is 1. The smallest absolute Gasteiger partial charge is 0.221 e. The van der Waals surface area contributed by atoms with E-state index < -0.39 is 0 Å². The van der Waals surface area contributed by atoms with Crippen LogP contribution < -0.4 is 9.47 Å². The number of hydrogen-bond donors (Lipinski definition) is 0. The molecule has 2 aromatic heterocycles. The monoisotopic (exact) mass is 423 g/mol. The van der Waals surface area contributed by atoms with Gasteiger partial charge in [0.2, 0.25) is 5.88 Å². The van der Waals surface area contributed by atoms with Crippen LogP contribution in [0, 0.1) is 0 Å². The molecule has 1 saturated heterocycles. The molecule has 3 heterocycles. The van der Waals surface area contributed by atoms with Crippen LogP contribution in [0.2, 0.25) is 0 Å². The van der Waals surface area contributed by atoms with Crippen LogP contribution in [0.15, 0.2) is 48.0 Å². The van der Waals surface area contributed by atoms with Crippen molar-refractivity contribution in [3.8, 4) is 22.2 Å². The van der Waals surface area contributed by atoms with Crippen molar-refractivity contribution in [2.24, 2.45) is 0 Å². The molecule has 2 atom stereocenters. The van der Waals surface area contributed by atoms with E-state index in [2.05, 4.69) is 27.4 Å². The summed E-state index contributed by atoms with van der Waals surface area (Å²) < 4.78 is 11.2. The molecule has 1 aliphatic rings. The zero-order chi connectivity index (χ0) is 20.9. The summed E-state index contributed by atoms with van der Waals surface area (Å²) >= 11 is 1.62. The highest BCUT2D eigenvalue weighted by atomic mass is 32.1. The van der Waals surface area contributed by atoms with E-state index in [0.717, 1.165) is 53.1 Å². The quantitative estimate of drug-likeness (QED) is 0.521. The van der Waals surface area contributed by atoms with Crippen molar-refractivity contribution in [3.63, 3.8) is 0 Å². The molecule has 4 rings (SSSR count). The number of methoxy groups -OCH3 is 2. The van der Waals surface area contributed by atoms with Crippen molar-refractivity contribution >= 4 is 17.6 Å². The molecule has 1 fully saturated rings. The summed E-state index contributed by atoms with van der Waals surface area (Å²) in [5.74, 6) is 1.27. The van der Waals surface area contributed by atoms with E-state index >= 15 is 0 Å². The maximum absolute atomic E-state index is 11.9. The van der Waals surface area contributed by atoms with Crippen LogP contribution in [-0.4, -0.2) is 41.4 Å². The van der Waals surface area contributed by atoms with Gasteiger partial charge < -0.3 is 14.3 Å². The second-order valence-corrected chi connectivity index (χ2v) is 8.13. The second-order valence-electron chi connectivity index (χ2n) is 7.27. The first-order valence-electron chi connectivity index (χ1n) is 10.0. The fraction of sp³-hybridized carbons (Fsp3) is 0.348. The van der Waals surface area contributed by atoms with Gasteiger partial charge in [-0.25, -0.2) is 9.97 Å². The maximum atomic E-state index is 11.9. The lowest BCUT2D eigenvalue weighted by Crippen LogP contribution is -2.42. The molecule has 0 bridgehead atoms.